The van der Waals surface area contributed by atoms with Crippen LogP contribution >= 0.6 is 23.4 Å². The van der Waals surface area contributed by atoms with Crippen molar-refractivity contribution in [1.29, 1.82) is 0 Å². The average Bonchev–Trinajstić information content (AvgIpc) is 3.22. The number of pyridine rings is 1. The van der Waals surface area contributed by atoms with Gasteiger partial charge in [-0.05, 0) is 68.4 Å². The first-order valence-electron chi connectivity index (χ1n) is 12.1. The van der Waals surface area contributed by atoms with Crippen molar-refractivity contribution < 1.29 is 23.1 Å². The number of aliphatic hydroxyl groups excluding tert-OH is 1. The quantitative estimate of drug-likeness (QED) is 0.244. The highest BCUT2D eigenvalue weighted by Crippen LogP contribution is 2.46. The number of thioether (sulfide) groups is 1. The summed E-state index contributed by atoms with van der Waals surface area (Å²) in [4.78, 5) is 17.1. The van der Waals surface area contributed by atoms with Crippen molar-refractivity contribution in [1.82, 2.24) is 4.98 Å². The number of carbonyl (C=O) groups excluding carboxylic acids is 1. The van der Waals surface area contributed by atoms with Gasteiger partial charge in [-0.3, -0.25) is 9.78 Å². The standard InChI is InChI=1S/C22H23ClF3NO2S.C7H5N/c1-11-3-4-13(7-12(2)28)21(11)30-19-8-14(5-6-16(19)23)22(29)27-15-9-17(24)20(26)18(25)10-15;1-2-7-3-5-8-6-4-7/h5-6,8-13,21,28H,3-4,7H2,1-2H3,(H,27,29);1,3-6H. The van der Waals surface area contributed by atoms with Crippen LogP contribution in [0.1, 0.15) is 49.0 Å². The molecule has 1 aromatic heterocycles. The number of halogens is 4. The number of nitrogens with zero attached hydrogens (tertiary/aromatic N) is 1. The number of rotatable bonds is 6. The Bertz CT molecular complexity index is 1280. The van der Waals surface area contributed by atoms with Gasteiger partial charge in [-0.1, -0.05) is 24.4 Å². The van der Waals surface area contributed by atoms with Gasteiger partial charge in [0.1, 0.15) is 0 Å². The maximum Gasteiger partial charge on any atom is 0.255 e. The number of nitrogens with one attached hydrogen (secondary N) is 1. The van der Waals surface area contributed by atoms with Crippen LogP contribution < -0.4 is 5.32 Å². The van der Waals surface area contributed by atoms with Crippen molar-refractivity contribution in [3.05, 3.63) is 88.5 Å². The summed E-state index contributed by atoms with van der Waals surface area (Å²) in [6, 6.07) is 9.80. The lowest BCUT2D eigenvalue weighted by atomic mass is 9.99. The third-order valence-electron chi connectivity index (χ3n) is 6.21. The summed E-state index contributed by atoms with van der Waals surface area (Å²) in [5.41, 5.74) is 0.965. The summed E-state index contributed by atoms with van der Waals surface area (Å²) in [7, 11) is 0. The predicted octanol–water partition coefficient (Wildman–Crippen LogP) is 7.35. The molecular weight excluding hydrogens is 533 g/mol. The maximum absolute atomic E-state index is 13.4. The van der Waals surface area contributed by atoms with E-state index in [0.717, 1.165) is 35.4 Å². The number of amides is 1. The highest BCUT2D eigenvalue weighted by Gasteiger charge is 2.35. The van der Waals surface area contributed by atoms with Gasteiger partial charge in [0.25, 0.3) is 5.91 Å². The first kappa shape index (κ1) is 29.6. The van der Waals surface area contributed by atoms with Gasteiger partial charge in [0.2, 0.25) is 0 Å². The van der Waals surface area contributed by atoms with Crippen LogP contribution in [0, 0.1) is 41.6 Å². The fourth-order valence-electron chi connectivity index (χ4n) is 4.33. The molecule has 38 heavy (non-hydrogen) atoms. The van der Waals surface area contributed by atoms with Crippen LogP contribution in [-0.4, -0.2) is 27.4 Å². The highest BCUT2D eigenvalue weighted by molar-refractivity contribution is 8.00. The summed E-state index contributed by atoms with van der Waals surface area (Å²) < 4.78 is 39.9. The number of terminal acetylenes is 1. The van der Waals surface area contributed by atoms with Crippen molar-refractivity contribution in [2.75, 3.05) is 5.32 Å². The van der Waals surface area contributed by atoms with E-state index in [9.17, 15) is 23.1 Å². The Balaban J connectivity index is 0.000000427. The maximum atomic E-state index is 13.4. The van der Waals surface area contributed by atoms with Crippen molar-refractivity contribution in [3.63, 3.8) is 0 Å². The molecule has 9 heteroatoms. The smallest absolute Gasteiger partial charge is 0.255 e. The van der Waals surface area contributed by atoms with Gasteiger partial charge >= 0.3 is 0 Å². The van der Waals surface area contributed by atoms with E-state index in [-0.39, 0.29) is 22.6 Å². The number of benzene rings is 2. The Morgan fingerprint density at radius 1 is 1.18 bits per heavy atom. The lowest BCUT2D eigenvalue weighted by Gasteiger charge is -2.24. The SMILES string of the molecule is C#Cc1ccncc1.CC(O)CC1CCC(C)C1Sc1cc(C(=O)Nc2cc(F)c(F)c(F)c2)ccc1Cl. The lowest BCUT2D eigenvalue weighted by Crippen LogP contribution is -2.20. The summed E-state index contributed by atoms with van der Waals surface area (Å²) in [5, 5.41) is 12.9. The minimum absolute atomic E-state index is 0.179. The fourth-order valence-corrected chi connectivity index (χ4v) is 6.06. The zero-order valence-electron chi connectivity index (χ0n) is 20.9. The molecule has 2 N–H and O–H groups in total. The Kier molecular flexibility index (Phi) is 10.7. The molecule has 1 heterocycles. The van der Waals surface area contributed by atoms with E-state index in [0.29, 0.717) is 23.3 Å². The topological polar surface area (TPSA) is 62.2 Å². The second-order valence-electron chi connectivity index (χ2n) is 9.22. The van der Waals surface area contributed by atoms with Crippen LogP contribution in [0.5, 0.6) is 0 Å². The van der Waals surface area contributed by atoms with Gasteiger partial charge in [0, 0.05) is 51.5 Å². The number of aliphatic hydroxyl groups is 1. The van der Waals surface area contributed by atoms with Gasteiger partial charge < -0.3 is 10.4 Å². The van der Waals surface area contributed by atoms with E-state index in [2.05, 4.69) is 23.1 Å². The summed E-state index contributed by atoms with van der Waals surface area (Å²) >= 11 is 7.95. The summed E-state index contributed by atoms with van der Waals surface area (Å²) in [5.74, 6) is -1.65. The van der Waals surface area contributed by atoms with Crippen LogP contribution in [0.4, 0.5) is 18.9 Å². The molecule has 1 fully saturated rings. The molecule has 1 aliphatic rings. The number of hydrogen-bond donors (Lipinski definition) is 2. The second-order valence-corrected chi connectivity index (χ2v) is 10.8. The van der Waals surface area contributed by atoms with Crippen molar-refractivity contribution in [3.8, 4) is 12.3 Å². The average molecular weight is 561 g/mol. The number of aromatic nitrogens is 1. The van der Waals surface area contributed by atoms with Gasteiger partial charge in [-0.2, -0.15) is 0 Å². The molecule has 0 aliphatic heterocycles. The Labute approximate surface area is 230 Å². The Hall–Kier alpha value is -2.99. The zero-order valence-corrected chi connectivity index (χ0v) is 22.5. The lowest BCUT2D eigenvalue weighted by molar-refractivity contribution is 0.102. The highest BCUT2D eigenvalue weighted by atomic mass is 35.5. The molecule has 200 valence electrons. The molecule has 1 amide bonds. The van der Waals surface area contributed by atoms with E-state index >= 15 is 0 Å². The van der Waals surface area contributed by atoms with Crippen molar-refractivity contribution in [2.45, 2.75) is 49.4 Å². The van der Waals surface area contributed by atoms with Gasteiger partial charge in [-0.25, -0.2) is 13.2 Å². The molecule has 0 spiro atoms. The van der Waals surface area contributed by atoms with Crippen molar-refractivity contribution >= 4 is 35.0 Å². The van der Waals surface area contributed by atoms with Crippen LogP contribution in [-0.2, 0) is 0 Å². The largest absolute Gasteiger partial charge is 0.393 e. The molecule has 0 saturated heterocycles. The van der Waals surface area contributed by atoms with Crippen molar-refractivity contribution in [2.24, 2.45) is 11.8 Å². The van der Waals surface area contributed by atoms with Crippen LogP contribution in [0.15, 0.2) is 59.8 Å². The van der Waals surface area contributed by atoms with E-state index in [1.165, 1.54) is 6.07 Å². The molecule has 0 radical (unpaired) electrons. The molecule has 0 bridgehead atoms. The Morgan fingerprint density at radius 2 is 1.84 bits per heavy atom. The molecule has 4 nitrogen and oxygen atoms in total. The van der Waals surface area contributed by atoms with Crippen LogP contribution in [0.2, 0.25) is 5.02 Å². The van der Waals surface area contributed by atoms with Gasteiger partial charge in [0.05, 0.1) is 11.1 Å². The van der Waals surface area contributed by atoms with E-state index in [1.807, 2.05) is 0 Å². The predicted molar refractivity (Wildman–Crippen MR) is 146 cm³/mol. The van der Waals surface area contributed by atoms with Gasteiger partial charge in [-0.15, -0.1) is 18.2 Å². The minimum atomic E-state index is -1.59. The monoisotopic (exact) mass is 560 g/mol. The molecular formula is C29H28ClF3N2O2S. The van der Waals surface area contributed by atoms with Gasteiger partial charge in [0.15, 0.2) is 17.5 Å². The van der Waals surface area contributed by atoms with Crippen LogP contribution in [0.3, 0.4) is 0 Å². The van der Waals surface area contributed by atoms with Crippen LogP contribution in [0.25, 0.3) is 0 Å². The van der Waals surface area contributed by atoms with E-state index < -0.39 is 23.4 Å². The zero-order chi connectivity index (χ0) is 27.8. The Morgan fingerprint density at radius 3 is 2.42 bits per heavy atom. The third kappa shape index (κ3) is 8.00. The fraction of sp³-hybridized carbons (Fsp3) is 0.310. The first-order valence-corrected chi connectivity index (χ1v) is 13.3. The second kappa shape index (κ2) is 13.7. The number of anilines is 1. The number of hydrogen-bond acceptors (Lipinski definition) is 4. The molecule has 4 unspecified atom stereocenters. The molecule has 1 saturated carbocycles. The molecule has 1 aliphatic carbocycles. The molecule has 4 rings (SSSR count). The molecule has 2 aromatic carbocycles. The summed E-state index contributed by atoms with van der Waals surface area (Å²) in [6.07, 6.45) is 10.8. The van der Waals surface area contributed by atoms with E-state index in [1.54, 1.807) is 55.3 Å². The normalized spacial score (nSPS) is 19.2. The minimum Gasteiger partial charge on any atom is -0.393 e. The summed E-state index contributed by atoms with van der Waals surface area (Å²) in [6.45, 7) is 3.95. The molecule has 3 aromatic rings. The first-order chi connectivity index (χ1) is 18.1. The molecule has 4 atom stereocenters. The third-order valence-corrected chi connectivity index (χ3v) is 8.36. The number of carbonyl (C=O) groups is 1. The van der Waals surface area contributed by atoms with E-state index in [4.69, 9.17) is 18.0 Å².